The molecule has 55 heavy (non-hydrogen) atoms. The van der Waals surface area contributed by atoms with Crippen LogP contribution in [0.25, 0.3) is 0 Å². The molecule has 6 atom stereocenters. The number of aliphatic hydroxyl groups is 3. The number of hydrogen-bond acceptors (Lipinski definition) is 11. The fourth-order valence-electron chi connectivity index (χ4n) is 6.97. The Bertz CT molecular complexity index is 1040. The van der Waals surface area contributed by atoms with Gasteiger partial charge in [-0.25, -0.2) is 0 Å². The Balaban J connectivity index is 2.42. The van der Waals surface area contributed by atoms with Crippen LogP contribution in [-0.4, -0.2) is 96.0 Å². The largest absolute Gasteiger partial charge is 0.462 e. The minimum atomic E-state index is -4.59. The van der Waals surface area contributed by atoms with Crippen LogP contribution in [0.1, 0.15) is 200 Å². The van der Waals surface area contributed by atoms with Crippen LogP contribution in [0.15, 0.2) is 0 Å². The quantitative estimate of drug-likeness (QED) is 0.0267. The third-order valence-electron chi connectivity index (χ3n) is 10.4. The molecule has 0 saturated carbocycles. The molecule has 1 heterocycles. The summed E-state index contributed by atoms with van der Waals surface area (Å²) in [4.78, 5) is 25.3. The molecule has 1 rings (SSSR count). The van der Waals surface area contributed by atoms with E-state index in [1.165, 1.54) is 122 Å². The summed E-state index contributed by atoms with van der Waals surface area (Å²) in [6.45, 7) is 3.76. The van der Waals surface area contributed by atoms with E-state index in [0.29, 0.717) is 12.8 Å². The van der Waals surface area contributed by atoms with Crippen LogP contribution in [0, 0.1) is 0 Å². The van der Waals surface area contributed by atoms with Crippen molar-refractivity contribution in [3.63, 3.8) is 0 Å². The average Bonchev–Trinajstić information content (AvgIpc) is 3.14. The van der Waals surface area contributed by atoms with Gasteiger partial charge in [0.15, 0.2) is 12.4 Å². The van der Waals surface area contributed by atoms with Crippen molar-refractivity contribution in [3.05, 3.63) is 0 Å². The van der Waals surface area contributed by atoms with Gasteiger partial charge in [-0.1, -0.05) is 174 Å². The first-order valence-electron chi connectivity index (χ1n) is 22.1. The summed E-state index contributed by atoms with van der Waals surface area (Å²) in [6.07, 6.45) is 23.0. The predicted molar refractivity (Wildman–Crippen MR) is 215 cm³/mol. The van der Waals surface area contributed by atoms with Gasteiger partial charge in [0.25, 0.3) is 10.1 Å². The zero-order valence-corrected chi connectivity index (χ0v) is 35.4. The lowest BCUT2D eigenvalue weighted by atomic mass is 10.00. The number of carbonyl (C=O) groups is 2. The summed E-state index contributed by atoms with van der Waals surface area (Å²) in [6, 6.07) is 0. The van der Waals surface area contributed by atoms with Crippen LogP contribution < -0.4 is 0 Å². The van der Waals surface area contributed by atoms with E-state index >= 15 is 0 Å². The van der Waals surface area contributed by atoms with Gasteiger partial charge < -0.3 is 34.3 Å². The molecule has 1 fully saturated rings. The average molecular weight is 809 g/mol. The van der Waals surface area contributed by atoms with Crippen LogP contribution in [0.3, 0.4) is 0 Å². The summed E-state index contributed by atoms with van der Waals surface area (Å²) in [5.41, 5.74) is 0. The van der Waals surface area contributed by atoms with Crippen molar-refractivity contribution < 1.29 is 56.8 Å². The normalized spacial score (nSPS) is 20.7. The second-order valence-electron chi connectivity index (χ2n) is 15.7. The van der Waals surface area contributed by atoms with Gasteiger partial charge in [-0.05, 0) is 12.8 Å². The van der Waals surface area contributed by atoms with Crippen molar-refractivity contribution in [2.24, 2.45) is 0 Å². The molecule has 13 heteroatoms. The molecule has 0 aromatic heterocycles. The highest BCUT2D eigenvalue weighted by atomic mass is 32.2. The lowest BCUT2D eigenvalue weighted by Crippen LogP contribution is -2.60. The van der Waals surface area contributed by atoms with E-state index in [0.717, 1.165) is 38.5 Å². The molecular formula is C42H80O12S. The summed E-state index contributed by atoms with van der Waals surface area (Å²) in [5, 5.41) is 30.8. The molecule has 0 aromatic carbocycles. The van der Waals surface area contributed by atoms with E-state index in [-0.39, 0.29) is 19.4 Å². The smallest absolute Gasteiger partial charge is 0.306 e. The first-order chi connectivity index (χ1) is 26.5. The first-order valence-corrected chi connectivity index (χ1v) is 23.7. The molecule has 1 aliphatic rings. The monoisotopic (exact) mass is 809 g/mol. The SMILES string of the molecule is CCCCCCCCCCCCCCCCCCCC(=O)OC(COC(=O)CCCCCCCCCCCC)COC1OC(CS(=O)(=O)O)C(O)C(O)C1O. The molecule has 12 nitrogen and oxygen atoms in total. The number of carbonyl (C=O) groups excluding carboxylic acids is 2. The van der Waals surface area contributed by atoms with Crippen LogP contribution in [0.5, 0.6) is 0 Å². The van der Waals surface area contributed by atoms with E-state index in [9.17, 15) is 37.9 Å². The van der Waals surface area contributed by atoms with Gasteiger partial charge in [-0.3, -0.25) is 14.1 Å². The molecule has 0 radical (unpaired) electrons. The van der Waals surface area contributed by atoms with Gasteiger partial charge in [-0.2, -0.15) is 8.42 Å². The fourth-order valence-corrected chi connectivity index (χ4v) is 7.66. The number of esters is 2. The number of aliphatic hydroxyl groups excluding tert-OH is 3. The lowest BCUT2D eigenvalue weighted by Gasteiger charge is -2.40. The standard InChI is InChI=1S/C42H80O12S/c1-3-5-7-9-11-13-15-16-17-18-19-20-21-23-25-27-29-31-38(44)53-35(32-51-37(43)30-28-26-24-22-14-12-10-8-6-4-2)33-52-42-41(47)40(46)39(45)36(54-42)34-55(48,49)50/h35-36,39-42,45-47H,3-34H2,1-2H3,(H,48,49,50). The number of rotatable bonds is 37. The molecule has 326 valence electrons. The molecule has 6 unspecified atom stereocenters. The van der Waals surface area contributed by atoms with Gasteiger partial charge in [0.05, 0.1) is 6.61 Å². The van der Waals surface area contributed by atoms with E-state index < -0.39 is 71.2 Å². The van der Waals surface area contributed by atoms with Crippen LogP contribution in [0.2, 0.25) is 0 Å². The Hall–Kier alpha value is -1.35. The van der Waals surface area contributed by atoms with Crippen LogP contribution >= 0.6 is 0 Å². The van der Waals surface area contributed by atoms with E-state index in [1.807, 2.05) is 0 Å². The second-order valence-corrected chi connectivity index (χ2v) is 17.2. The molecule has 0 spiro atoms. The van der Waals surface area contributed by atoms with Gasteiger partial charge in [-0.15, -0.1) is 0 Å². The third kappa shape index (κ3) is 28.7. The van der Waals surface area contributed by atoms with E-state index in [1.54, 1.807) is 0 Å². The molecule has 0 bridgehead atoms. The Morgan fingerprint density at radius 3 is 1.33 bits per heavy atom. The minimum absolute atomic E-state index is 0.172. The molecule has 1 saturated heterocycles. The van der Waals surface area contributed by atoms with Crippen molar-refractivity contribution >= 4 is 22.1 Å². The predicted octanol–water partition coefficient (Wildman–Crippen LogP) is 8.51. The maximum Gasteiger partial charge on any atom is 0.306 e. The number of ether oxygens (including phenoxy) is 4. The maximum absolute atomic E-state index is 12.8. The molecule has 4 N–H and O–H groups in total. The summed E-state index contributed by atoms with van der Waals surface area (Å²) in [5.74, 6) is -1.97. The summed E-state index contributed by atoms with van der Waals surface area (Å²) < 4.78 is 53.9. The third-order valence-corrected chi connectivity index (χ3v) is 11.2. The summed E-state index contributed by atoms with van der Waals surface area (Å²) in [7, 11) is -4.59. The van der Waals surface area contributed by atoms with Gasteiger partial charge in [0, 0.05) is 12.8 Å². The zero-order valence-electron chi connectivity index (χ0n) is 34.6. The van der Waals surface area contributed by atoms with E-state index in [4.69, 9.17) is 18.9 Å². The van der Waals surface area contributed by atoms with Gasteiger partial charge in [0.1, 0.15) is 36.8 Å². The van der Waals surface area contributed by atoms with Crippen molar-refractivity contribution in [2.75, 3.05) is 19.0 Å². The van der Waals surface area contributed by atoms with Crippen molar-refractivity contribution in [1.82, 2.24) is 0 Å². The molecule has 1 aliphatic heterocycles. The molecule has 0 aliphatic carbocycles. The second kappa shape index (κ2) is 33.6. The van der Waals surface area contributed by atoms with Gasteiger partial charge in [0.2, 0.25) is 0 Å². The van der Waals surface area contributed by atoms with Crippen LogP contribution in [0.4, 0.5) is 0 Å². The maximum atomic E-state index is 12.8. The van der Waals surface area contributed by atoms with E-state index in [2.05, 4.69) is 13.8 Å². The zero-order chi connectivity index (χ0) is 40.6. The Morgan fingerprint density at radius 1 is 0.545 bits per heavy atom. The lowest BCUT2D eigenvalue weighted by molar-refractivity contribution is -0.297. The highest BCUT2D eigenvalue weighted by Gasteiger charge is 2.46. The van der Waals surface area contributed by atoms with Crippen molar-refractivity contribution in [3.8, 4) is 0 Å². The highest BCUT2D eigenvalue weighted by Crippen LogP contribution is 2.24. The molecule has 0 aromatic rings. The van der Waals surface area contributed by atoms with Gasteiger partial charge >= 0.3 is 11.9 Å². The Kier molecular flexibility index (Phi) is 31.6. The number of unbranched alkanes of at least 4 members (excludes halogenated alkanes) is 25. The van der Waals surface area contributed by atoms with Crippen molar-refractivity contribution in [2.45, 2.75) is 237 Å². The Morgan fingerprint density at radius 2 is 0.927 bits per heavy atom. The molecular weight excluding hydrogens is 729 g/mol. The van der Waals surface area contributed by atoms with Crippen LogP contribution in [-0.2, 0) is 38.7 Å². The van der Waals surface area contributed by atoms with Crippen molar-refractivity contribution in [1.29, 1.82) is 0 Å². The molecule has 0 amide bonds. The first kappa shape index (κ1) is 51.7. The Labute approximate surface area is 333 Å². The topological polar surface area (TPSA) is 186 Å². The fraction of sp³-hybridized carbons (Fsp3) is 0.952. The summed E-state index contributed by atoms with van der Waals surface area (Å²) >= 11 is 0. The highest BCUT2D eigenvalue weighted by molar-refractivity contribution is 7.85. The number of hydrogen-bond donors (Lipinski definition) is 4. The minimum Gasteiger partial charge on any atom is -0.462 e.